The first-order chi connectivity index (χ1) is 10.7. The zero-order valence-corrected chi connectivity index (χ0v) is 12.9. The van der Waals surface area contributed by atoms with Crippen LogP contribution in [0.25, 0.3) is 5.82 Å². The fourth-order valence-corrected chi connectivity index (χ4v) is 2.66. The average Bonchev–Trinajstić information content (AvgIpc) is 3.01. The Morgan fingerprint density at radius 3 is 2.64 bits per heavy atom. The van der Waals surface area contributed by atoms with Gasteiger partial charge in [0.25, 0.3) is 0 Å². The molecule has 22 heavy (non-hydrogen) atoms. The summed E-state index contributed by atoms with van der Waals surface area (Å²) in [5.74, 6) is 1.88. The van der Waals surface area contributed by atoms with Gasteiger partial charge in [-0.3, -0.25) is 4.79 Å². The highest BCUT2D eigenvalue weighted by atomic mass is 16.2. The van der Waals surface area contributed by atoms with Crippen molar-refractivity contribution in [3.05, 3.63) is 30.9 Å². The van der Waals surface area contributed by atoms with Gasteiger partial charge >= 0.3 is 0 Å². The number of amides is 1. The molecule has 0 aromatic carbocycles. The molecule has 116 valence electrons. The van der Waals surface area contributed by atoms with Crippen LogP contribution in [-0.4, -0.2) is 56.7 Å². The van der Waals surface area contributed by atoms with E-state index in [9.17, 15) is 4.79 Å². The molecule has 1 saturated heterocycles. The second-order valence-electron chi connectivity index (χ2n) is 5.30. The molecular formula is C15H20N6O. The topological polar surface area (TPSA) is 67.2 Å². The molecule has 0 atom stereocenters. The van der Waals surface area contributed by atoms with Crippen molar-refractivity contribution >= 4 is 11.7 Å². The fraction of sp³-hybridized carbons (Fsp3) is 0.467. The number of anilines is 1. The van der Waals surface area contributed by atoms with Crippen LogP contribution < -0.4 is 4.90 Å². The molecule has 0 radical (unpaired) electrons. The Labute approximate surface area is 129 Å². The summed E-state index contributed by atoms with van der Waals surface area (Å²) in [6, 6.07) is 3.75. The summed E-state index contributed by atoms with van der Waals surface area (Å²) in [5.41, 5.74) is 0. The summed E-state index contributed by atoms with van der Waals surface area (Å²) < 4.78 is 1.70. The highest BCUT2D eigenvalue weighted by molar-refractivity contribution is 5.81. The van der Waals surface area contributed by atoms with E-state index in [2.05, 4.69) is 20.0 Å². The minimum atomic E-state index is 0.0722. The number of carbonyl (C=O) groups is 1. The van der Waals surface area contributed by atoms with E-state index in [1.165, 1.54) is 6.33 Å². The van der Waals surface area contributed by atoms with Crippen molar-refractivity contribution in [2.24, 2.45) is 5.92 Å². The van der Waals surface area contributed by atoms with Crippen LogP contribution in [0.15, 0.2) is 30.9 Å². The molecule has 2 aromatic rings. The molecule has 3 heterocycles. The second kappa shape index (κ2) is 6.13. The highest BCUT2D eigenvalue weighted by Gasteiger charge is 2.35. The van der Waals surface area contributed by atoms with Crippen molar-refractivity contribution in [1.29, 1.82) is 0 Å². The van der Waals surface area contributed by atoms with Crippen molar-refractivity contribution in [3.63, 3.8) is 0 Å². The Morgan fingerprint density at radius 2 is 2.00 bits per heavy atom. The van der Waals surface area contributed by atoms with E-state index in [4.69, 9.17) is 0 Å². The molecule has 2 aromatic heterocycles. The quantitative estimate of drug-likeness (QED) is 0.823. The monoisotopic (exact) mass is 300 g/mol. The zero-order valence-electron chi connectivity index (χ0n) is 12.9. The van der Waals surface area contributed by atoms with E-state index in [1.54, 1.807) is 10.9 Å². The lowest BCUT2D eigenvalue weighted by Crippen LogP contribution is -2.55. The normalized spacial score (nSPS) is 14.7. The molecular weight excluding hydrogens is 280 g/mol. The summed E-state index contributed by atoms with van der Waals surface area (Å²) >= 11 is 0. The first-order valence-electron chi connectivity index (χ1n) is 7.58. The largest absolute Gasteiger partial charge is 0.355 e. The Hall–Kier alpha value is -2.44. The van der Waals surface area contributed by atoms with Gasteiger partial charge in [0.05, 0.1) is 5.92 Å². The van der Waals surface area contributed by atoms with Gasteiger partial charge in [0.1, 0.15) is 12.1 Å². The number of hydrogen-bond donors (Lipinski definition) is 0. The highest BCUT2D eigenvalue weighted by Crippen LogP contribution is 2.24. The smallest absolute Gasteiger partial charge is 0.229 e. The molecule has 1 fully saturated rings. The second-order valence-corrected chi connectivity index (χ2v) is 5.30. The maximum Gasteiger partial charge on any atom is 0.229 e. The maximum atomic E-state index is 12.3. The zero-order chi connectivity index (χ0) is 15.5. The minimum Gasteiger partial charge on any atom is -0.355 e. The van der Waals surface area contributed by atoms with Crippen molar-refractivity contribution in [3.8, 4) is 5.82 Å². The van der Waals surface area contributed by atoms with E-state index in [-0.39, 0.29) is 11.8 Å². The SMILES string of the molecule is CCN(CC)C(=O)C1CN(c2cc(-n3cccn3)ncn2)C1. The number of carbonyl (C=O) groups excluding carboxylic acids is 1. The Morgan fingerprint density at radius 1 is 1.27 bits per heavy atom. The van der Waals surface area contributed by atoms with Crippen LogP contribution in [0.4, 0.5) is 5.82 Å². The van der Waals surface area contributed by atoms with E-state index in [1.807, 2.05) is 37.1 Å². The molecule has 0 unspecified atom stereocenters. The lowest BCUT2D eigenvalue weighted by molar-refractivity contribution is -0.135. The van der Waals surface area contributed by atoms with Gasteiger partial charge in [0, 0.05) is 44.6 Å². The van der Waals surface area contributed by atoms with E-state index in [0.29, 0.717) is 13.1 Å². The molecule has 1 amide bonds. The van der Waals surface area contributed by atoms with Crippen LogP contribution in [0.3, 0.4) is 0 Å². The van der Waals surface area contributed by atoms with Crippen LogP contribution in [-0.2, 0) is 4.79 Å². The number of aromatic nitrogens is 4. The van der Waals surface area contributed by atoms with Gasteiger partial charge in [-0.15, -0.1) is 0 Å². The number of hydrogen-bond acceptors (Lipinski definition) is 5. The fourth-order valence-electron chi connectivity index (χ4n) is 2.66. The summed E-state index contributed by atoms with van der Waals surface area (Å²) in [6.45, 7) is 6.98. The predicted molar refractivity (Wildman–Crippen MR) is 82.8 cm³/mol. The summed E-state index contributed by atoms with van der Waals surface area (Å²) in [5, 5.41) is 4.17. The van der Waals surface area contributed by atoms with Gasteiger partial charge in [-0.1, -0.05) is 0 Å². The van der Waals surface area contributed by atoms with Gasteiger partial charge in [-0.2, -0.15) is 5.10 Å². The van der Waals surface area contributed by atoms with Crippen molar-refractivity contribution in [2.75, 3.05) is 31.1 Å². The Balaban J connectivity index is 1.66. The van der Waals surface area contributed by atoms with E-state index >= 15 is 0 Å². The van der Waals surface area contributed by atoms with E-state index in [0.717, 1.165) is 24.7 Å². The van der Waals surface area contributed by atoms with Gasteiger partial charge in [0.15, 0.2) is 5.82 Å². The van der Waals surface area contributed by atoms with Crippen LogP contribution >= 0.6 is 0 Å². The van der Waals surface area contributed by atoms with Crippen LogP contribution in [0, 0.1) is 5.92 Å². The molecule has 1 aliphatic heterocycles. The Bertz CT molecular complexity index is 631. The predicted octanol–water partition coefficient (Wildman–Crippen LogP) is 0.967. The first-order valence-corrected chi connectivity index (χ1v) is 7.58. The standard InChI is InChI=1S/C15H20N6O/c1-3-19(4-2)15(22)12-9-20(10-12)13-8-14(17-11-16-13)21-7-5-6-18-21/h5-8,11-12H,3-4,9-10H2,1-2H3. The third-order valence-corrected chi connectivity index (χ3v) is 4.01. The first kappa shape index (κ1) is 14.5. The number of rotatable bonds is 5. The molecule has 0 saturated carbocycles. The third-order valence-electron chi connectivity index (χ3n) is 4.01. The van der Waals surface area contributed by atoms with Crippen LogP contribution in [0.1, 0.15) is 13.8 Å². The number of nitrogens with zero attached hydrogens (tertiary/aromatic N) is 6. The van der Waals surface area contributed by atoms with Gasteiger partial charge < -0.3 is 9.80 Å². The van der Waals surface area contributed by atoms with Gasteiger partial charge in [-0.25, -0.2) is 14.6 Å². The Kier molecular flexibility index (Phi) is 4.04. The van der Waals surface area contributed by atoms with Crippen LogP contribution in [0.5, 0.6) is 0 Å². The van der Waals surface area contributed by atoms with Crippen molar-refractivity contribution in [2.45, 2.75) is 13.8 Å². The van der Waals surface area contributed by atoms with Crippen molar-refractivity contribution < 1.29 is 4.79 Å². The summed E-state index contributed by atoms with van der Waals surface area (Å²) in [6.07, 6.45) is 5.09. The maximum absolute atomic E-state index is 12.3. The average molecular weight is 300 g/mol. The molecule has 0 N–H and O–H groups in total. The third kappa shape index (κ3) is 2.66. The molecule has 7 nitrogen and oxygen atoms in total. The van der Waals surface area contributed by atoms with Gasteiger partial charge in [-0.05, 0) is 19.9 Å². The van der Waals surface area contributed by atoms with Crippen LogP contribution in [0.2, 0.25) is 0 Å². The lowest BCUT2D eigenvalue weighted by Gasteiger charge is -2.41. The van der Waals surface area contributed by atoms with Crippen molar-refractivity contribution in [1.82, 2.24) is 24.6 Å². The van der Waals surface area contributed by atoms with E-state index < -0.39 is 0 Å². The minimum absolute atomic E-state index is 0.0722. The molecule has 0 spiro atoms. The lowest BCUT2D eigenvalue weighted by atomic mass is 9.98. The molecule has 7 heteroatoms. The van der Waals surface area contributed by atoms with Gasteiger partial charge in [0.2, 0.25) is 5.91 Å². The summed E-state index contributed by atoms with van der Waals surface area (Å²) in [7, 11) is 0. The molecule has 0 bridgehead atoms. The molecule has 0 aliphatic carbocycles. The molecule has 1 aliphatic rings. The molecule has 3 rings (SSSR count). The summed E-state index contributed by atoms with van der Waals surface area (Å²) in [4.78, 5) is 24.8.